The van der Waals surface area contributed by atoms with E-state index in [-0.39, 0.29) is 4.90 Å². The van der Waals surface area contributed by atoms with Crippen LogP contribution in [0.2, 0.25) is 0 Å². The molecule has 3 nitrogen and oxygen atoms in total. The fourth-order valence-corrected chi connectivity index (χ4v) is 2.88. The van der Waals surface area contributed by atoms with Crippen LogP contribution in [-0.4, -0.2) is 15.0 Å². The molecule has 1 rings (SSSR count). The first kappa shape index (κ1) is 17.3. The molecule has 0 amide bonds. The molecular formula is C15H23ClO3S. The molecule has 0 bridgehead atoms. The quantitative estimate of drug-likeness (QED) is 0.662. The Bertz CT molecular complexity index is 526. The van der Waals surface area contributed by atoms with Gasteiger partial charge in [0.25, 0.3) is 9.05 Å². The lowest BCUT2D eigenvalue weighted by Gasteiger charge is -2.17. The van der Waals surface area contributed by atoms with Crippen LogP contribution in [0.3, 0.4) is 0 Å². The van der Waals surface area contributed by atoms with Crippen LogP contribution in [-0.2, 0) is 9.05 Å². The molecule has 1 aromatic carbocycles. The minimum absolute atomic E-state index is 0.113. The molecule has 1 atom stereocenters. The average Bonchev–Trinajstić information content (AvgIpc) is 2.39. The summed E-state index contributed by atoms with van der Waals surface area (Å²) in [6.45, 7) is 6.85. The van der Waals surface area contributed by atoms with Crippen LogP contribution in [0.15, 0.2) is 23.1 Å². The molecule has 0 aliphatic heterocycles. The van der Waals surface area contributed by atoms with E-state index in [0.717, 1.165) is 17.7 Å². The van der Waals surface area contributed by atoms with Gasteiger partial charge >= 0.3 is 0 Å². The Hall–Kier alpha value is -0.740. The van der Waals surface area contributed by atoms with Gasteiger partial charge in [-0.2, -0.15) is 0 Å². The number of unbranched alkanes of at least 4 members (excludes halogenated alkanes) is 1. The number of benzene rings is 1. The SMILES string of the molecule is CCCCC(CC)COc1ccc(S(=O)(=O)Cl)cc1C. The van der Waals surface area contributed by atoms with Crippen molar-refractivity contribution in [2.24, 2.45) is 5.92 Å². The van der Waals surface area contributed by atoms with Gasteiger partial charge in [0, 0.05) is 10.7 Å². The topological polar surface area (TPSA) is 43.4 Å². The van der Waals surface area contributed by atoms with E-state index in [1.807, 2.05) is 6.92 Å². The molecule has 5 heteroatoms. The molecule has 0 N–H and O–H groups in total. The van der Waals surface area contributed by atoms with E-state index in [0.29, 0.717) is 12.5 Å². The predicted molar refractivity (Wildman–Crippen MR) is 83.0 cm³/mol. The molecule has 0 aromatic heterocycles. The molecule has 0 aliphatic rings. The first-order chi connectivity index (χ1) is 9.38. The second kappa shape index (κ2) is 7.89. The fourth-order valence-electron chi connectivity index (χ4n) is 2.04. The van der Waals surface area contributed by atoms with Gasteiger partial charge in [0.1, 0.15) is 5.75 Å². The van der Waals surface area contributed by atoms with Crippen LogP contribution in [0.1, 0.15) is 45.1 Å². The number of ether oxygens (including phenoxy) is 1. The smallest absolute Gasteiger partial charge is 0.261 e. The van der Waals surface area contributed by atoms with E-state index in [9.17, 15) is 8.42 Å². The van der Waals surface area contributed by atoms with Crippen molar-refractivity contribution < 1.29 is 13.2 Å². The van der Waals surface area contributed by atoms with Crippen molar-refractivity contribution >= 4 is 19.7 Å². The normalized spacial score (nSPS) is 13.2. The second-order valence-corrected chi connectivity index (χ2v) is 7.66. The fraction of sp³-hybridized carbons (Fsp3) is 0.600. The Morgan fingerprint density at radius 1 is 1.30 bits per heavy atom. The van der Waals surface area contributed by atoms with E-state index in [1.165, 1.54) is 25.3 Å². The van der Waals surface area contributed by atoms with Gasteiger partial charge in [-0.15, -0.1) is 0 Å². The van der Waals surface area contributed by atoms with Gasteiger partial charge in [-0.25, -0.2) is 8.42 Å². The van der Waals surface area contributed by atoms with Crippen LogP contribution >= 0.6 is 10.7 Å². The summed E-state index contributed by atoms with van der Waals surface area (Å²) in [5.41, 5.74) is 0.789. The maximum Gasteiger partial charge on any atom is 0.261 e. The van der Waals surface area contributed by atoms with E-state index in [1.54, 1.807) is 12.1 Å². The molecule has 0 spiro atoms. The summed E-state index contributed by atoms with van der Waals surface area (Å²) in [6.07, 6.45) is 4.66. The number of rotatable bonds is 8. The number of hydrogen-bond acceptors (Lipinski definition) is 3. The molecule has 0 saturated carbocycles. The van der Waals surface area contributed by atoms with Gasteiger partial charge in [0.2, 0.25) is 0 Å². The summed E-state index contributed by atoms with van der Waals surface area (Å²) in [5, 5.41) is 0. The Labute approximate surface area is 126 Å². The summed E-state index contributed by atoms with van der Waals surface area (Å²) >= 11 is 0. The lowest BCUT2D eigenvalue weighted by atomic mass is 10.0. The Morgan fingerprint density at radius 2 is 2.00 bits per heavy atom. The summed E-state index contributed by atoms with van der Waals surface area (Å²) in [4.78, 5) is 0.113. The molecule has 0 radical (unpaired) electrons. The highest BCUT2D eigenvalue weighted by atomic mass is 35.7. The largest absolute Gasteiger partial charge is 0.493 e. The molecule has 20 heavy (non-hydrogen) atoms. The monoisotopic (exact) mass is 318 g/mol. The van der Waals surface area contributed by atoms with Crippen molar-refractivity contribution in [1.82, 2.24) is 0 Å². The molecule has 0 fully saturated rings. The highest BCUT2D eigenvalue weighted by Gasteiger charge is 2.13. The van der Waals surface area contributed by atoms with Crippen molar-refractivity contribution in [2.45, 2.75) is 51.3 Å². The van der Waals surface area contributed by atoms with Crippen LogP contribution in [0.5, 0.6) is 5.75 Å². The molecule has 114 valence electrons. The van der Waals surface area contributed by atoms with Crippen molar-refractivity contribution in [2.75, 3.05) is 6.61 Å². The van der Waals surface area contributed by atoms with E-state index in [2.05, 4.69) is 13.8 Å². The van der Waals surface area contributed by atoms with Crippen molar-refractivity contribution in [3.8, 4) is 5.75 Å². The summed E-state index contributed by atoms with van der Waals surface area (Å²) in [6, 6.07) is 4.71. The standard InChI is InChI=1S/C15H23ClO3S/c1-4-6-7-13(5-2)11-19-15-9-8-14(10-12(15)3)20(16,17)18/h8-10,13H,4-7,11H2,1-3H3. The minimum Gasteiger partial charge on any atom is -0.493 e. The maximum absolute atomic E-state index is 11.3. The van der Waals surface area contributed by atoms with Crippen LogP contribution < -0.4 is 4.74 Å². The van der Waals surface area contributed by atoms with E-state index < -0.39 is 9.05 Å². The molecule has 1 unspecified atom stereocenters. The zero-order chi connectivity index (χ0) is 15.2. The molecular weight excluding hydrogens is 296 g/mol. The van der Waals surface area contributed by atoms with Crippen molar-refractivity contribution in [1.29, 1.82) is 0 Å². The summed E-state index contributed by atoms with van der Waals surface area (Å²) in [5.74, 6) is 1.27. The van der Waals surface area contributed by atoms with Gasteiger partial charge in [-0.3, -0.25) is 0 Å². The lowest BCUT2D eigenvalue weighted by Crippen LogP contribution is -2.12. The predicted octanol–water partition coefficient (Wildman–Crippen LogP) is 4.52. The van der Waals surface area contributed by atoms with Gasteiger partial charge < -0.3 is 4.74 Å². The van der Waals surface area contributed by atoms with E-state index >= 15 is 0 Å². The van der Waals surface area contributed by atoms with Gasteiger partial charge in [-0.1, -0.05) is 33.1 Å². The molecule has 0 heterocycles. The van der Waals surface area contributed by atoms with Gasteiger partial charge in [0.05, 0.1) is 11.5 Å². The number of halogens is 1. The van der Waals surface area contributed by atoms with Gasteiger partial charge in [-0.05, 0) is 43.0 Å². The first-order valence-corrected chi connectivity index (χ1v) is 9.37. The first-order valence-electron chi connectivity index (χ1n) is 7.06. The van der Waals surface area contributed by atoms with Crippen LogP contribution in [0.4, 0.5) is 0 Å². The Balaban J connectivity index is 2.69. The van der Waals surface area contributed by atoms with Gasteiger partial charge in [0.15, 0.2) is 0 Å². The Morgan fingerprint density at radius 3 is 2.50 bits per heavy atom. The van der Waals surface area contributed by atoms with Crippen LogP contribution in [0.25, 0.3) is 0 Å². The molecule has 1 aromatic rings. The summed E-state index contributed by atoms with van der Waals surface area (Å²) in [7, 11) is 1.65. The maximum atomic E-state index is 11.3. The molecule has 0 aliphatic carbocycles. The summed E-state index contributed by atoms with van der Waals surface area (Å²) < 4.78 is 28.3. The highest BCUT2D eigenvalue weighted by molar-refractivity contribution is 8.13. The molecule has 0 saturated heterocycles. The number of hydrogen-bond donors (Lipinski definition) is 0. The van der Waals surface area contributed by atoms with Crippen LogP contribution in [0, 0.1) is 12.8 Å². The number of aryl methyl sites for hydroxylation is 1. The highest BCUT2D eigenvalue weighted by Crippen LogP contribution is 2.25. The third-order valence-electron chi connectivity index (χ3n) is 3.45. The third kappa shape index (κ3) is 5.33. The van der Waals surface area contributed by atoms with Crippen molar-refractivity contribution in [3.63, 3.8) is 0 Å². The van der Waals surface area contributed by atoms with Crippen molar-refractivity contribution in [3.05, 3.63) is 23.8 Å². The second-order valence-electron chi connectivity index (χ2n) is 5.09. The Kier molecular flexibility index (Phi) is 6.83. The average molecular weight is 319 g/mol. The zero-order valence-corrected chi connectivity index (χ0v) is 13.9. The third-order valence-corrected chi connectivity index (χ3v) is 4.80. The lowest BCUT2D eigenvalue weighted by molar-refractivity contribution is 0.232. The zero-order valence-electron chi connectivity index (χ0n) is 12.4. The van der Waals surface area contributed by atoms with E-state index in [4.69, 9.17) is 15.4 Å². The minimum atomic E-state index is -3.67.